The van der Waals surface area contributed by atoms with Crippen LogP contribution in [0.2, 0.25) is 0 Å². The van der Waals surface area contributed by atoms with Crippen LogP contribution in [0.1, 0.15) is 25.8 Å². The van der Waals surface area contributed by atoms with Crippen molar-refractivity contribution in [2.45, 2.75) is 32.9 Å². The van der Waals surface area contributed by atoms with Gasteiger partial charge in [-0.3, -0.25) is 4.79 Å². The van der Waals surface area contributed by atoms with Crippen LogP contribution in [-0.2, 0) is 21.4 Å². The zero-order chi connectivity index (χ0) is 16.0. The van der Waals surface area contributed by atoms with Gasteiger partial charge in [0.15, 0.2) is 0 Å². The third-order valence-electron chi connectivity index (χ3n) is 3.08. The molecule has 7 heteroatoms. The van der Waals surface area contributed by atoms with E-state index in [1.807, 2.05) is 13.8 Å². The molecule has 21 heavy (non-hydrogen) atoms. The van der Waals surface area contributed by atoms with Crippen molar-refractivity contribution < 1.29 is 17.6 Å². The largest absolute Gasteiger partial charge is 0.353 e. The van der Waals surface area contributed by atoms with E-state index >= 15 is 0 Å². The monoisotopic (exact) mass is 316 g/mol. The Balaban J connectivity index is 2.78. The van der Waals surface area contributed by atoms with E-state index in [4.69, 9.17) is 0 Å². The molecule has 0 saturated heterocycles. The van der Waals surface area contributed by atoms with Crippen LogP contribution in [-0.4, -0.2) is 37.5 Å². The molecule has 1 unspecified atom stereocenters. The molecule has 0 aromatic heterocycles. The van der Waals surface area contributed by atoms with Gasteiger partial charge in [0, 0.05) is 12.6 Å². The zero-order valence-corrected chi connectivity index (χ0v) is 13.3. The number of sulfonamides is 1. The number of halogens is 1. The van der Waals surface area contributed by atoms with Crippen molar-refractivity contribution in [2.24, 2.45) is 0 Å². The van der Waals surface area contributed by atoms with Crippen LogP contribution in [0.5, 0.6) is 0 Å². The molecule has 1 aromatic rings. The SMILES string of the molecule is CCC(C)NC(=O)CN(Cc1ccc(F)cc1)S(C)(=O)=O. The van der Waals surface area contributed by atoms with Crippen molar-refractivity contribution in [3.8, 4) is 0 Å². The van der Waals surface area contributed by atoms with Gasteiger partial charge in [-0.2, -0.15) is 4.31 Å². The van der Waals surface area contributed by atoms with E-state index in [-0.39, 0.29) is 30.9 Å². The summed E-state index contributed by atoms with van der Waals surface area (Å²) in [7, 11) is -3.53. The molecule has 1 rings (SSSR count). The predicted molar refractivity (Wildman–Crippen MR) is 79.5 cm³/mol. The molecule has 0 aliphatic carbocycles. The van der Waals surface area contributed by atoms with Crippen LogP contribution < -0.4 is 5.32 Å². The number of benzene rings is 1. The van der Waals surface area contributed by atoms with E-state index in [1.54, 1.807) is 0 Å². The second-order valence-electron chi connectivity index (χ2n) is 5.03. The normalized spacial score (nSPS) is 13.2. The van der Waals surface area contributed by atoms with Gasteiger partial charge in [-0.25, -0.2) is 12.8 Å². The highest BCUT2D eigenvalue weighted by atomic mass is 32.2. The Hall–Kier alpha value is -1.47. The Kier molecular flexibility index (Phi) is 6.29. The number of hydrogen-bond acceptors (Lipinski definition) is 3. The van der Waals surface area contributed by atoms with Crippen molar-refractivity contribution in [2.75, 3.05) is 12.8 Å². The molecule has 0 bridgehead atoms. The molecule has 1 aromatic carbocycles. The summed E-state index contributed by atoms with van der Waals surface area (Å²) in [6.45, 7) is 3.56. The number of carbonyl (C=O) groups is 1. The fourth-order valence-electron chi connectivity index (χ4n) is 1.67. The molecule has 0 saturated carbocycles. The lowest BCUT2D eigenvalue weighted by atomic mass is 10.2. The topological polar surface area (TPSA) is 66.5 Å². The van der Waals surface area contributed by atoms with E-state index in [9.17, 15) is 17.6 Å². The predicted octanol–water partition coefficient (Wildman–Crippen LogP) is 1.50. The van der Waals surface area contributed by atoms with Crippen molar-refractivity contribution in [1.82, 2.24) is 9.62 Å². The van der Waals surface area contributed by atoms with Gasteiger partial charge in [0.05, 0.1) is 12.8 Å². The highest BCUT2D eigenvalue weighted by Gasteiger charge is 2.21. The highest BCUT2D eigenvalue weighted by Crippen LogP contribution is 2.09. The Labute approximate surface area is 125 Å². The zero-order valence-electron chi connectivity index (χ0n) is 12.5. The fraction of sp³-hybridized carbons (Fsp3) is 0.500. The quantitative estimate of drug-likeness (QED) is 0.829. The summed E-state index contributed by atoms with van der Waals surface area (Å²) < 4.78 is 37.5. The summed E-state index contributed by atoms with van der Waals surface area (Å²) in [4.78, 5) is 11.8. The van der Waals surface area contributed by atoms with Gasteiger partial charge in [-0.05, 0) is 31.0 Å². The average Bonchev–Trinajstić information content (AvgIpc) is 2.39. The summed E-state index contributed by atoms with van der Waals surface area (Å²) in [5, 5.41) is 2.72. The minimum absolute atomic E-state index is 0.00951. The van der Waals surface area contributed by atoms with Crippen molar-refractivity contribution in [3.63, 3.8) is 0 Å². The van der Waals surface area contributed by atoms with Gasteiger partial charge in [0.1, 0.15) is 5.82 Å². The van der Waals surface area contributed by atoms with Crippen LogP contribution >= 0.6 is 0 Å². The molecule has 0 heterocycles. The van der Waals surface area contributed by atoms with Gasteiger partial charge in [0.25, 0.3) is 0 Å². The summed E-state index contributed by atoms with van der Waals surface area (Å²) in [5.41, 5.74) is 0.623. The minimum Gasteiger partial charge on any atom is -0.353 e. The summed E-state index contributed by atoms with van der Waals surface area (Å²) in [6.07, 6.45) is 1.82. The number of amides is 1. The van der Waals surface area contributed by atoms with E-state index in [2.05, 4.69) is 5.32 Å². The van der Waals surface area contributed by atoms with Gasteiger partial charge in [-0.1, -0.05) is 19.1 Å². The minimum atomic E-state index is -3.53. The van der Waals surface area contributed by atoms with Gasteiger partial charge < -0.3 is 5.32 Å². The molecule has 0 fully saturated rings. The lowest BCUT2D eigenvalue weighted by Crippen LogP contribution is -2.42. The lowest BCUT2D eigenvalue weighted by molar-refractivity contribution is -0.122. The maximum Gasteiger partial charge on any atom is 0.235 e. The Morgan fingerprint density at radius 3 is 2.38 bits per heavy atom. The Morgan fingerprint density at radius 2 is 1.90 bits per heavy atom. The highest BCUT2D eigenvalue weighted by molar-refractivity contribution is 7.88. The first-order valence-corrected chi connectivity index (χ1v) is 8.56. The molecule has 118 valence electrons. The second-order valence-corrected chi connectivity index (χ2v) is 7.02. The van der Waals surface area contributed by atoms with Gasteiger partial charge in [0.2, 0.25) is 15.9 Å². The first-order valence-electron chi connectivity index (χ1n) is 6.71. The van der Waals surface area contributed by atoms with Crippen molar-refractivity contribution >= 4 is 15.9 Å². The van der Waals surface area contributed by atoms with E-state index in [0.29, 0.717) is 5.56 Å². The van der Waals surface area contributed by atoms with Crippen LogP contribution in [0, 0.1) is 5.82 Å². The van der Waals surface area contributed by atoms with Crippen LogP contribution in [0.4, 0.5) is 4.39 Å². The Bertz CT molecular complexity index is 572. The summed E-state index contributed by atoms with van der Waals surface area (Å²) in [6, 6.07) is 5.51. The number of nitrogens with one attached hydrogen (secondary N) is 1. The molecule has 1 amide bonds. The molecule has 0 spiro atoms. The first-order chi connectivity index (χ1) is 9.72. The fourth-order valence-corrected chi connectivity index (χ4v) is 2.40. The van der Waals surface area contributed by atoms with Crippen LogP contribution in [0.15, 0.2) is 24.3 Å². The maximum absolute atomic E-state index is 12.9. The molecule has 0 aliphatic rings. The molecular weight excluding hydrogens is 295 g/mol. The molecule has 1 atom stereocenters. The van der Waals surface area contributed by atoms with E-state index in [0.717, 1.165) is 17.0 Å². The number of rotatable bonds is 7. The first kappa shape index (κ1) is 17.6. The van der Waals surface area contributed by atoms with E-state index < -0.39 is 10.0 Å². The molecule has 0 aliphatic heterocycles. The van der Waals surface area contributed by atoms with Gasteiger partial charge >= 0.3 is 0 Å². The lowest BCUT2D eigenvalue weighted by Gasteiger charge is -2.21. The smallest absolute Gasteiger partial charge is 0.235 e. The summed E-state index contributed by atoms with van der Waals surface area (Å²) >= 11 is 0. The van der Waals surface area contributed by atoms with Crippen molar-refractivity contribution in [3.05, 3.63) is 35.6 Å². The van der Waals surface area contributed by atoms with Gasteiger partial charge in [-0.15, -0.1) is 0 Å². The standard InChI is InChI=1S/C14H21FN2O3S/c1-4-11(2)16-14(18)10-17(21(3,19)20)9-12-5-7-13(15)8-6-12/h5-8,11H,4,9-10H2,1-3H3,(H,16,18). The molecular formula is C14H21FN2O3S. The Morgan fingerprint density at radius 1 is 1.33 bits per heavy atom. The number of hydrogen-bond donors (Lipinski definition) is 1. The molecule has 0 radical (unpaired) electrons. The van der Waals surface area contributed by atoms with Crippen molar-refractivity contribution in [1.29, 1.82) is 0 Å². The average molecular weight is 316 g/mol. The number of carbonyl (C=O) groups excluding carboxylic acids is 1. The van der Waals surface area contributed by atoms with Crippen LogP contribution in [0.25, 0.3) is 0 Å². The molecule has 5 nitrogen and oxygen atoms in total. The second kappa shape index (κ2) is 7.51. The third kappa shape index (κ3) is 6.22. The third-order valence-corrected chi connectivity index (χ3v) is 4.28. The number of nitrogens with zero attached hydrogens (tertiary/aromatic N) is 1. The molecule has 1 N–H and O–H groups in total. The summed E-state index contributed by atoms with van der Waals surface area (Å²) in [5.74, 6) is -0.740. The maximum atomic E-state index is 12.9. The van der Waals surface area contributed by atoms with Crippen LogP contribution in [0.3, 0.4) is 0 Å². The van der Waals surface area contributed by atoms with E-state index in [1.165, 1.54) is 24.3 Å².